The van der Waals surface area contributed by atoms with Crippen molar-refractivity contribution in [2.24, 2.45) is 0 Å². The van der Waals surface area contributed by atoms with Crippen LogP contribution in [0.2, 0.25) is 0 Å². The topological polar surface area (TPSA) is 127 Å². The lowest BCUT2D eigenvalue weighted by atomic mass is 10.2. The van der Waals surface area contributed by atoms with E-state index >= 15 is 0 Å². The molecule has 0 atom stereocenters. The Labute approximate surface area is 151 Å². The fourth-order valence-electron chi connectivity index (χ4n) is 2.42. The van der Waals surface area contributed by atoms with Gasteiger partial charge in [-0.25, -0.2) is 9.78 Å². The van der Waals surface area contributed by atoms with Gasteiger partial charge in [-0.3, -0.25) is 19.8 Å². The number of hydrogen-bond acceptors (Lipinski definition) is 7. The van der Waals surface area contributed by atoms with Crippen LogP contribution in [0.3, 0.4) is 0 Å². The molecule has 2 N–H and O–H groups in total. The second kappa shape index (κ2) is 7.35. The summed E-state index contributed by atoms with van der Waals surface area (Å²) in [5.41, 5.74) is 0.560. The number of nitrogens with zero attached hydrogens (tertiary/aromatic N) is 3. The number of nitrogens with one attached hydrogen (secondary N) is 2. The maximum Gasteiger partial charge on any atom is 0.323 e. The fraction of sp³-hybridized carbons (Fsp3) is 0.267. The minimum Gasteiger partial charge on any atom is -0.495 e. The van der Waals surface area contributed by atoms with Gasteiger partial charge in [0, 0.05) is 30.6 Å². The standard InChI is InChI=1S/C15H15N5O5S/c1-25-12-3-2-10(20(23)24)7-11(12)18-13(21)6-9-8-26-15(17-9)19-5-4-16-14(19)22/h2-3,7-8H,4-6H2,1H3,(H,16,22)(H,18,21). The Hall–Kier alpha value is -3.21. The number of nitro benzene ring substituents is 1. The van der Waals surface area contributed by atoms with E-state index < -0.39 is 10.8 Å². The number of non-ortho nitro benzene ring substituents is 1. The second-order valence-corrected chi connectivity index (χ2v) is 6.21. The Kier molecular flexibility index (Phi) is 4.98. The van der Waals surface area contributed by atoms with Gasteiger partial charge in [0.25, 0.3) is 5.69 Å². The molecule has 26 heavy (non-hydrogen) atoms. The van der Waals surface area contributed by atoms with Gasteiger partial charge in [-0.15, -0.1) is 11.3 Å². The monoisotopic (exact) mass is 377 g/mol. The number of hydrogen-bond donors (Lipinski definition) is 2. The van der Waals surface area contributed by atoms with Crippen LogP contribution in [0.15, 0.2) is 23.6 Å². The average molecular weight is 377 g/mol. The molecule has 1 fully saturated rings. The Balaban J connectivity index is 1.69. The van der Waals surface area contributed by atoms with Gasteiger partial charge in [0.05, 0.1) is 29.8 Å². The van der Waals surface area contributed by atoms with E-state index in [1.165, 1.54) is 41.5 Å². The molecule has 0 aliphatic carbocycles. The average Bonchev–Trinajstić information content (AvgIpc) is 3.23. The molecule has 10 nitrogen and oxygen atoms in total. The predicted molar refractivity (Wildman–Crippen MR) is 94.8 cm³/mol. The van der Waals surface area contributed by atoms with E-state index in [4.69, 9.17) is 4.74 Å². The van der Waals surface area contributed by atoms with Crippen LogP contribution in [0.25, 0.3) is 0 Å². The lowest BCUT2D eigenvalue weighted by molar-refractivity contribution is -0.384. The molecule has 1 aliphatic rings. The number of thiazole rings is 1. The zero-order valence-electron chi connectivity index (χ0n) is 13.7. The third kappa shape index (κ3) is 3.72. The first kappa shape index (κ1) is 17.6. The summed E-state index contributed by atoms with van der Waals surface area (Å²) in [7, 11) is 1.41. The Morgan fingerprint density at radius 3 is 3.00 bits per heavy atom. The molecule has 3 amide bonds. The summed E-state index contributed by atoms with van der Waals surface area (Å²) >= 11 is 1.27. The van der Waals surface area contributed by atoms with Gasteiger partial charge in [0.2, 0.25) is 5.91 Å². The molecular weight excluding hydrogens is 362 g/mol. The number of benzene rings is 1. The molecule has 3 rings (SSSR count). The minimum absolute atomic E-state index is 0.0300. The highest BCUT2D eigenvalue weighted by Crippen LogP contribution is 2.29. The summed E-state index contributed by atoms with van der Waals surface area (Å²) in [6.07, 6.45) is -0.0300. The number of amides is 3. The van der Waals surface area contributed by atoms with Crippen LogP contribution >= 0.6 is 11.3 Å². The summed E-state index contributed by atoms with van der Waals surface area (Å²) in [5, 5.41) is 18.4. The summed E-state index contributed by atoms with van der Waals surface area (Å²) < 4.78 is 5.11. The van der Waals surface area contributed by atoms with Gasteiger partial charge in [0.15, 0.2) is 5.13 Å². The van der Waals surface area contributed by atoms with Crippen LogP contribution in [-0.4, -0.2) is 42.0 Å². The van der Waals surface area contributed by atoms with Crippen molar-refractivity contribution in [3.8, 4) is 5.75 Å². The second-order valence-electron chi connectivity index (χ2n) is 5.37. The van der Waals surface area contributed by atoms with Crippen LogP contribution < -0.4 is 20.3 Å². The molecule has 0 saturated carbocycles. The third-order valence-electron chi connectivity index (χ3n) is 3.64. The Morgan fingerprint density at radius 1 is 1.54 bits per heavy atom. The number of anilines is 2. The number of ether oxygens (including phenoxy) is 1. The van der Waals surface area contributed by atoms with Crippen LogP contribution in [-0.2, 0) is 11.2 Å². The summed E-state index contributed by atoms with van der Waals surface area (Å²) in [5.74, 6) is -0.0804. The molecule has 1 saturated heterocycles. The Morgan fingerprint density at radius 2 is 2.35 bits per heavy atom. The lowest BCUT2D eigenvalue weighted by Gasteiger charge is -2.10. The zero-order valence-corrected chi connectivity index (χ0v) is 14.5. The first-order chi connectivity index (χ1) is 12.5. The number of urea groups is 1. The van der Waals surface area contributed by atoms with Gasteiger partial charge in [-0.05, 0) is 6.07 Å². The van der Waals surface area contributed by atoms with Gasteiger partial charge in [-0.1, -0.05) is 0 Å². The van der Waals surface area contributed by atoms with Crippen molar-refractivity contribution >= 4 is 39.8 Å². The van der Waals surface area contributed by atoms with Crippen molar-refractivity contribution in [2.75, 3.05) is 30.4 Å². The molecule has 2 aromatic rings. The molecule has 0 spiro atoms. The molecule has 1 aromatic heterocycles. The molecule has 136 valence electrons. The normalized spacial score (nSPS) is 13.4. The van der Waals surface area contributed by atoms with Crippen LogP contribution in [0, 0.1) is 10.1 Å². The van der Waals surface area contributed by atoms with E-state index in [0.29, 0.717) is 29.7 Å². The number of carbonyl (C=O) groups is 2. The van der Waals surface area contributed by atoms with E-state index in [1.54, 1.807) is 5.38 Å². The summed E-state index contributed by atoms with van der Waals surface area (Å²) in [6, 6.07) is 3.73. The van der Waals surface area contributed by atoms with E-state index in [2.05, 4.69) is 15.6 Å². The van der Waals surface area contributed by atoms with Gasteiger partial charge >= 0.3 is 6.03 Å². The van der Waals surface area contributed by atoms with Crippen LogP contribution in [0.4, 0.5) is 21.3 Å². The highest BCUT2D eigenvalue weighted by atomic mass is 32.1. The van der Waals surface area contributed by atoms with E-state index in [1.807, 2.05) is 0 Å². The van der Waals surface area contributed by atoms with Crippen molar-refractivity contribution in [3.63, 3.8) is 0 Å². The molecule has 1 aliphatic heterocycles. The molecule has 0 radical (unpaired) electrons. The Bertz CT molecular complexity index is 868. The lowest BCUT2D eigenvalue weighted by Crippen LogP contribution is -2.27. The van der Waals surface area contributed by atoms with Crippen molar-refractivity contribution < 1.29 is 19.2 Å². The number of methoxy groups -OCH3 is 1. The quantitative estimate of drug-likeness (QED) is 0.583. The molecule has 11 heteroatoms. The fourth-order valence-corrected chi connectivity index (χ4v) is 3.27. The molecular formula is C15H15N5O5S. The molecule has 2 heterocycles. The van der Waals surface area contributed by atoms with E-state index in [0.717, 1.165) is 0 Å². The number of carbonyl (C=O) groups excluding carboxylic acids is 2. The summed E-state index contributed by atoms with van der Waals surface area (Å²) in [4.78, 5) is 40.0. The zero-order chi connectivity index (χ0) is 18.7. The van der Waals surface area contributed by atoms with Gasteiger partial charge < -0.3 is 15.4 Å². The summed E-state index contributed by atoms with van der Waals surface area (Å²) in [6.45, 7) is 1.09. The van der Waals surface area contributed by atoms with Crippen molar-refractivity contribution in [1.29, 1.82) is 0 Å². The van der Waals surface area contributed by atoms with Gasteiger partial charge in [0.1, 0.15) is 5.75 Å². The van der Waals surface area contributed by atoms with Crippen LogP contribution in [0.1, 0.15) is 5.69 Å². The number of aromatic nitrogens is 1. The van der Waals surface area contributed by atoms with Crippen LogP contribution in [0.5, 0.6) is 5.75 Å². The number of nitro groups is 1. The first-order valence-corrected chi connectivity index (χ1v) is 8.48. The maximum absolute atomic E-state index is 12.3. The molecule has 1 aromatic carbocycles. The van der Waals surface area contributed by atoms with Crippen molar-refractivity contribution in [3.05, 3.63) is 39.4 Å². The maximum atomic E-state index is 12.3. The minimum atomic E-state index is -0.553. The number of rotatable bonds is 6. The first-order valence-electron chi connectivity index (χ1n) is 7.60. The van der Waals surface area contributed by atoms with Crippen molar-refractivity contribution in [1.82, 2.24) is 10.3 Å². The van der Waals surface area contributed by atoms with E-state index in [9.17, 15) is 19.7 Å². The predicted octanol–water partition coefficient (Wildman–Crippen LogP) is 1.77. The highest BCUT2D eigenvalue weighted by molar-refractivity contribution is 7.14. The molecule has 0 unspecified atom stereocenters. The van der Waals surface area contributed by atoms with Crippen molar-refractivity contribution in [2.45, 2.75) is 6.42 Å². The van der Waals surface area contributed by atoms with E-state index in [-0.39, 0.29) is 23.8 Å². The van der Waals surface area contributed by atoms with Gasteiger partial charge in [-0.2, -0.15) is 0 Å². The highest BCUT2D eigenvalue weighted by Gasteiger charge is 2.24. The third-order valence-corrected chi connectivity index (χ3v) is 4.55. The smallest absolute Gasteiger partial charge is 0.323 e. The largest absolute Gasteiger partial charge is 0.495 e. The molecule has 0 bridgehead atoms. The SMILES string of the molecule is COc1ccc([N+](=O)[O-])cc1NC(=O)Cc1csc(N2CCNC2=O)n1.